The van der Waals surface area contributed by atoms with Gasteiger partial charge in [-0.25, -0.2) is 0 Å². The number of nitrogens with zero attached hydrogens (tertiary/aromatic N) is 1. The van der Waals surface area contributed by atoms with Crippen molar-refractivity contribution < 1.29 is 24.3 Å². The zero-order valence-electron chi connectivity index (χ0n) is 7.67. The topological polar surface area (TPSA) is 98.1 Å². The SMILES string of the molecule is O=C(O)[C@@H]1CCCN(CP(=O)(O)O)C1. The largest absolute Gasteiger partial charge is 0.481 e. The van der Waals surface area contributed by atoms with E-state index in [-0.39, 0.29) is 12.8 Å². The maximum absolute atomic E-state index is 10.7. The number of hydrogen-bond donors (Lipinski definition) is 3. The number of rotatable bonds is 3. The molecule has 0 saturated carbocycles. The summed E-state index contributed by atoms with van der Waals surface area (Å²) < 4.78 is 10.7. The first kappa shape index (κ1) is 11.7. The molecule has 82 valence electrons. The summed E-state index contributed by atoms with van der Waals surface area (Å²) in [5, 5.41) is 8.73. The van der Waals surface area contributed by atoms with Crippen molar-refractivity contribution in [3.8, 4) is 0 Å². The Kier molecular flexibility index (Phi) is 3.66. The van der Waals surface area contributed by atoms with Gasteiger partial charge in [0.15, 0.2) is 0 Å². The van der Waals surface area contributed by atoms with Crippen LogP contribution in [-0.2, 0) is 9.36 Å². The third-order valence-electron chi connectivity index (χ3n) is 2.24. The Morgan fingerprint density at radius 3 is 2.64 bits per heavy atom. The van der Waals surface area contributed by atoms with E-state index in [1.807, 2.05) is 0 Å². The zero-order chi connectivity index (χ0) is 10.8. The summed E-state index contributed by atoms with van der Waals surface area (Å²) in [6.07, 6.45) is 0.931. The molecule has 0 aliphatic carbocycles. The van der Waals surface area contributed by atoms with E-state index in [1.165, 1.54) is 4.90 Å². The van der Waals surface area contributed by atoms with Gasteiger partial charge in [0.2, 0.25) is 0 Å². The average Bonchev–Trinajstić information content (AvgIpc) is 2.01. The van der Waals surface area contributed by atoms with Crippen molar-refractivity contribution in [3.05, 3.63) is 0 Å². The molecule has 0 bridgehead atoms. The van der Waals surface area contributed by atoms with Gasteiger partial charge in [-0.05, 0) is 19.4 Å². The van der Waals surface area contributed by atoms with Crippen molar-refractivity contribution in [3.63, 3.8) is 0 Å². The lowest BCUT2D eigenvalue weighted by Gasteiger charge is -2.30. The summed E-state index contributed by atoms with van der Waals surface area (Å²) in [6, 6.07) is 0. The summed E-state index contributed by atoms with van der Waals surface area (Å²) in [6.45, 7) is 0.801. The molecule has 1 atom stereocenters. The second-order valence-electron chi connectivity index (χ2n) is 3.56. The molecule has 0 radical (unpaired) electrons. The average molecular weight is 223 g/mol. The summed E-state index contributed by atoms with van der Waals surface area (Å²) in [5.41, 5.74) is 0. The van der Waals surface area contributed by atoms with E-state index in [9.17, 15) is 9.36 Å². The maximum Gasteiger partial charge on any atom is 0.339 e. The highest BCUT2D eigenvalue weighted by Gasteiger charge is 2.28. The van der Waals surface area contributed by atoms with E-state index in [1.54, 1.807) is 0 Å². The summed E-state index contributed by atoms with van der Waals surface area (Å²) in [4.78, 5) is 29.6. The number of carbonyl (C=O) groups is 1. The smallest absolute Gasteiger partial charge is 0.339 e. The minimum absolute atomic E-state index is 0.237. The van der Waals surface area contributed by atoms with Crippen molar-refractivity contribution in [2.75, 3.05) is 19.4 Å². The lowest BCUT2D eigenvalue weighted by atomic mass is 9.99. The highest BCUT2D eigenvalue weighted by Crippen LogP contribution is 2.36. The van der Waals surface area contributed by atoms with Crippen LogP contribution in [0.15, 0.2) is 0 Å². The molecule has 3 N–H and O–H groups in total. The first-order chi connectivity index (χ1) is 6.38. The third kappa shape index (κ3) is 3.75. The minimum atomic E-state index is -4.06. The van der Waals surface area contributed by atoms with Gasteiger partial charge < -0.3 is 14.9 Å². The van der Waals surface area contributed by atoms with E-state index in [0.29, 0.717) is 19.4 Å². The lowest BCUT2D eigenvalue weighted by Crippen LogP contribution is -2.39. The second kappa shape index (κ2) is 4.40. The molecule has 0 aromatic heterocycles. The van der Waals surface area contributed by atoms with Gasteiger partial charge in [0.25, 0.3) is 0 Å². The van der Waals surface area contributed by atoms with Crippen LogP contribution in [0.3, 0.4) is 0 Å². The molecule has 1 saturated heterocycles. The van der Waals surface area contributed by atoms with Crippen LogP contribution in [0.25, 0.3) is 0 Å². The zero-order valence-corrected chi connectivity index (χ0v) is 8.56. The molecule has 14 heavy (non-hydrogen) atoms. The standard InChI is InChI=1S/C7H14NO5P/c9-7(10)6-2-1-3-8(4-6)5-14(11,12)13/h6H,1-5H2,(H,9,10)(H2,11,12,13)/t6-/m1/s1. The molecular formula is C7H14NO5P. The van der Waals surface area contributed by atoms with Crippen LogP contribution in [-0.4, -0.2) is 45.1 Å². The highest BCUT2D eigenvalue weighted by molar-refractivity contribution is 7.51. The van der Waals surface area contributed by atoms with E-state index < -0.39 is 19.5 Å². The fourth-order valence-corrected chi connectivity index (χ4v) is 2.42. The molecule has 1 aliphatic rings. The first-order valence-electron chi connectivity index (χ1n) is 4.38. The van der Waals surface area contributed by atoms with Gasteiger partial charge in [-0.3, -0.25) is 14.3 Å². The second-order valence-corrected chi connectivity index (χ2v) is 5.17. The van der Waals surface area contributed by atoms with E-state index in [0.717, 1.165) is 0 Å². The molecular weight excluding hydrogens is 209 g/mol. The molecule has 0 aromatic rings. The first-order valence-corrected chi connectivity index (χ1v) is 6.18. The quantitative estimate of drug-likeness (QED) is 0.579. The molecule has 6 nitrogen and oxygen atoms in total. The van der Waals surface area contributed by atoms with E-state index >= 15 is 0 Å². The molecule has 0 unspecified atom stereocenters. The Balaban J connectivity index is 2.48. The molecule has 1 heterocycles. The lowest BCUT2D eigenvalue weighted by molar-refractivity contribution is -0.143. The number of hydrogen-bond acceptors (Lipinski definition) is 3. The predicted octanol–water partition coefficient (Wildman–Crippen LogP) is -0.0818. The summed E-state index contributed by atoms with van der Waals surface area (Å²) >= 11 is 0. The molecule has 1 aliphatic heterocycles. The van der Waals surface area contributed by atoms with Crippen LogP contribution >= 0.6 is 7.60 Å². The van der Waals surface area contributed by atoms with Gasteiger partial charge in [-0.15, -0.1) is 0 Å². The fourth-order valence-electron chi connectivity index (χ4n) is 1.65. The Bertz CT molecular complexity index is 263. The number of piperidine rings is 1. The van der Waals surface area contributed by atoms with Gasteiger partial charge in [-0.1, -0.05) is 0 Å². The van der Waals surface area contributed by atoms with E-state index in [2.05, 4.69) is 0 Å². The van der Waals surface area contributed by atoms with E-state index in [4.69, 9.17) is 14.9 Å². The van der Waals surface area contributed by atoms with Crippen LogP contribution in [0, 0.1) is 5.92 Å². The van der Waals surface area contributed by atoms with Crippen molar-refractivity contribution in [1.29, 1.82) is 0 Å². The van der Waals surface area contributed by atoms with Gasteiger partial charge in [0, 0.05) is 6.54 Å². The number of carboxylic acid groups (broad SMARTS) is 1. The van der Waals surface area contributed by atoms with Gasteiger partial charge >= 0.3 is 13.6 Å². The predicted molar refractivity (Wildman–Crippen MR) is 48.8 cm³/mol. The number of likely N-dealkylation sites (tertiary alicyclic amines) is 1. The van der Waals surface area contributed by atoms with Gasteiger partial charge in [-0.2, -0.15) is 0 Å². The van der Waals surface area contributed by atoms with Gasteiger partial charge in [0.05, 0.1) is 5.92 Å². The van der Waals surface area contributed by atoms with Crippen LogP contribution in [0.4, 0.5) is 0 Å². The summed E-state index contributed by atoms with van der Waals surface area (Å²) in [5.74, 6) is -1.38. The van der Waals surface area contributed by atoms with Crippen LogP contribution < -0.4 is 0 Å². The molecule has 0 spiro atoms. The minimum Gasteiger partial charge on any atom is -0.481 e. The Labute approximate surface area is 81.7 Å². The Hall–Kier alpha value is -0.420. The molecule has 1 fully saturated rings. The molecule has 0 amide bonds. The fraction of sp³-hybridized carbons (Fsp3) is 0.857. The molecule has 1 rings (SSSR count). The Morgan fingerprint density at radius 2 is 2.14 bits per heavy atom. The Morgan fingerprint density at radius 1 is 1.50 bits per heavy atom. The van der Waals surface area contributed by atoms with Gasteiger partial charge in [0.1, 0.15) is 6.29 Å². The van der Waals surface area contributed by atoms with Crippen molar-refractivity contribution in [2.45, 2.75) is 12.8 Å². The molecule has 7 heteroatoms. The number of aliphatic carboxylic acids is 1. The maximum atomic E-state index is 10.7. The summed E-state index contributed by atoms with van der Waals surface area (Å²) in [7, 11) is -4.06. The normalized spacial score (nSPS) is 24.9. The molecule has 0 aromatic carbocycles. The number of carboxylic acids is 1. The van der Waals surface area contributed by atoms with Crippen LogP contribution in [0.1, 0.15) is 12.8 Å². The van der Waals surface area contributed by atoms with Crippen molar-refractivity contribution >= 4 is 13.6 Å². The monoisotopic (exact) mass is 223 g/mol. The third-order valence-corrected chi connectivity index (χ3v) is 3.01. The van der Waals surface area contributed by atoms with Crippen LogP contribution in [0.5, 0.6) is 0 Å². The van der Waals surface area contributed by atoms with Crippen LogP contribution in [0.2, 0.25) is 0 Å². The van der Waals surface area contributed by atoms with Crippen molar-refractivity contribution in [2.24, 2.45) is 5.92 Å². The van der Waals surface area contributed by atoms with Crippen molar-refractivity contribution in [1.82, 2.24) is 4.90 Å². The highest BCUT2D eigenvalue weighted by atomic mass is 31.2.